The van der Waals surface area contributed by atoms with E-state index >= 15 is 0 Å². The molecule has 1 saturated heterocycles. The normalized spacial score (nSPS) is 15.5. The second-order valence-corrected chi connectivity index (χ2v) is 9.30. The summed E-state index contributed by atoms with van der Waals surface area (Å²) in [5.41, 5.74) is 1.08. The lowest BCUT2D eigenvalue weighted by atomic mass is 10.1. The standard InChI is InChI=1S/C24H28N4O5S/c1-3-17-12-18-21(25-13-15-5-6-19-20(11-15)32-14-31-19)26-23(27-22(18)34-17)28-9-7-16(8-10-28)33-24(29)30-4-2/h5-6,11-12,16H,3-4,7-10,13-14H2,1-2H3,(H,25,26,27). The number of nitrogens with zero attached hydrogens (tertiary/aromatic N) is 3. The molecular formula is C24H28N4O5S. The monoisotopic (exact) mass is 484 g/mol. The Morgan fingerprint density at radius 3 is 2.79 bits per heavy atom. The zero-order valence-corrected chi connectivity index (χ0v) is 20.2. The van der Waals surface area contributed by atoms with E-state index in [-0.39, 0.29) is 12.9 Å². The molecule has 2 aliphatic heterocycles. The molecule has 10 heteroatoms. The molecule has 0 aliphatic carbocycles. The highest BCUT2D eigenvalue weighted by atomic mass is 32.1. The van der Waals surface area contributed by atoms with Gasteiger partial charge in [-0.25, -0.2) is 9.78 Å². The SMILES string of the molecule is CCOC(=O)OC1CCN(c2nc(NCc3ccc4c(c3)OCO4)c3cc(CC)sc3n2)CC1. The Labute approximate surface area is 202 Å². The lowest BCUT2D eigenvalue weighted by Gasteiger charge is -2.31. The van der Waals surface area contributed by atoms with Gasteiger partial charge >= 0.3 is 6.16 Å². The molecule has 0 spiro atoms. The summed E-state index contributed by atoms with van der Waals surface area (Å²) in [6, 6.07) is 8.13. The molecule has 9 nitrogen and oxygen atoms in total. The zero-order valence-electron chi connectivity index (χ0n) is 19.3. The van der Waals surface area contributed by atoms with Crippen LogP contribution < -0.4 is 19.7 Å². The summed E-state index contributed by atoms with van der Waals surface area (Å²) in [4.78, 5) is 25.8. The molecule has 5 rings (SSSR count). The Kier molecular flexibility index (Phi) is 6.57. The van der Waals surface area contributed by atoms with E-state index in [9.17, 15) is 4.79 Å². The van der Waals surface area contributed by atoms with E-state index < -0.39 is 6.16 Å². The van der Waals surface area contributed by atoms with E-state index in [1.54, 1.807) is 18.3 Å². The first kappa shape index (κ1) is 22.5. The van der Waals surface area contributed by atoms with Crippen LogP contribution in [0.4, 0.5) is 16.6 Å². The Bertz CT molecular complexity index is 1180. The molecule has 0 bridgehead atoms. The molecule has 3 aromatic rings. The minimum Gasteiger partial charge on any atom is -0.454 e. The lowest BCUT2D eigenvalue weighted by Crippen LogP contribution is -2.39. The van der Waals surface area contributed by atoms with Crippen LogP contribution in [-0.4, -0.2) is 48.7 Å². The van der Waals surface area contributed by atoms with E-state index in [4.69, 9.17) is 28.9 Å². The van der Waals surface area contributed by atoms with Crippen molar-refractivity contribution in [2.75, 3.05) is 36.7 Å². The van der Waals surface area contributed by atoms with Crippen LogP contribution in [-0.2, 0) is 22.4 Å². The molecule has 2 aliphatic rings. The molecule has 34 heavy (non-hydrogen) atoms. The number of hydrogen-bond acceptors (Lipinski definition) is 10. The fraction of sp³-hybridized carbons (Fsp3) is 0.458. The summed E-state index contributed by atoms with van der Waals surface area (Å²) in [6.45, 7) is 6.52. The minimum atomic E-state index is -0.598. The van der Waals surface area contributed by atoms with E-state index in [1.807, 2.05) is 18.2 Å². The molecule has 1 aromatic carbocycles. The summed E-state index contributed by atoms with van der Waals surface area (Å²) >= 11 is 1.70. The zero-order chi connectivity index (χ0) is 23.5. The number of benzene rings is 1. The van der Waals surface area contributed by atoms with Gasteiger partial charge in [-0.15, -0.1) is 11.3 Å². The van der Waals surface area contributed by atoms with Crippen LogP contribution in [0.3, 0.4) is 0 Å². The van der Waals surface area contributed by atoms with Gasteiger partial charge in [0.15, 0.2) is 11.5 Å². The van der Waals surface area contributed by atoms with E-state index in [1.165, 1.54) is 4.88 Å². The first-order valence-corrected chi connectivity index (χ1v) is 12.5. The highest BCUT2D eigenvalue weighted by Crippen LogP contribution is 2.34. The molecule has 2 aromatic heterocycles. The third kappa shape index (κ3) is 4.82. The Morgan fingerprint density at radius 2 is 2.00 bits per heavy atom. The van der Waals surface area contributed by atoms with Crippen molar-refractivity contribution >= 4 is 39.5 Å². The second-order valence-electron chi connectivity index (χ2n) is 8.19. The summed E-state index contributed by atoms with van der Waals surface area (Å²) in [6.07, 6.45) is 1.64. The van der Waals surface area contributed by atoms with Crippen molar-refractivity contribution in [2.45, 2.75) is 45.8 Å². The topological polar surface area (TPSA) is 95.0 Å². The van der Waals surface area contributed by atoms with Crippen molar-refractivity contribution in [1.82, 2.24) is 9.97 Å². The first-order valence-electron chi connectivity index (χ1n) is 11.6. The van der Waals surface area contributed by atoms with Gasteiger partial charge in [-0.2, -0.15) is 4.98 Å². The number of carbonyl (C=O) groups is 1. The van der Waals surface area contributed by atoms with Crippen molar-refractivity contribution in [3.05, 3.63) is 34.7 Å². The van der Waals surface area contributed by atoms with E-state index in [0.29, 0.717) is 45.0 Å². The van der Waals surface area contributed by atoms with Gasteiger partial charge < -0.3 is 29.2 Å². The fourth-order valence-electron chi connectivity index (χ4n) is 4.11. The van der Waals surface area contributed by atoms with E-state index in [2.05, 4.69) is 23.2 Å². The first-order chi connectivity index (χ1) is 16.6. The quantitative estimate of drug-likeness (QED) is 0.477. The maximum absolute atomic E-state index is 11.6. The van der Waals surface area contributed by atoms with Crippen molar-refractivity contribution < 1.29 is 23.7 Å². The van der Waals surface area contributed by atoms with Gasteiger partial charge in [-0.3, -0.25) is 0 Å². The molecule has 1 N–H and O–H groups in total. The van der Waals surface area contributed by atoms with Crippen LogP contribution in [0.15, 0.2) is 24.3 Å². The molecule has 0 saturated carbocycles. The Balaban J connectivity index is 1.32. The number of hydrogen-bond donors (Lipinski definition) is 1. The molecule has 0 amide bonds. The number of aromatic nitrogens is 2. The van der Waals surface area contributed by atoms with Gasteiger partial charge in [0.05, 0.1) is 12.0 Å². The van der Waals surface area contributed by atoms with E-state index in [0.717, 1.165) is 39.5 Å². The summed E-state index contributed by atoms with van der Waals surface area (Å²) in [7, 11) is 0. The number of carbonyl (C=O) groups excluding carboxylic acids is 1. The average molecular weight is 485 g/mol. The van der Waals surface area contributed by atoms with Crippen LogP contribution in [0.1, 0.15) is 37.1 Å². The van der Waals surface area contributed by atoms with Crippen LogP contribution in [0.2, 0.25) is 0 Å². The van der Waals surface area contributed by atoms with Gasteiger partial charge in [0, 0.05) is 37.4 Å². The van der Waals surface area contributed by atoms with Crippen LogP contribution in [0, 0.1) is 0 Å². The summed E-state index contributed by atoms with van der Waals surface area (Å²) < 4.78 is 21.2. The summed E-state index contributed by atoms with van der Waals surface area (Å²) in [5.74, 6) is 3.05. The molecule has 180 valence electrons. The smallest absolute Gasteiger partial charge is 0.454 e. The third-order valence-corrected chi connectivity index (χ3v) is 7.10. The van der Waals surface area contributed by atoms with Gasteiger partial charge in [0.2, 0.25) is 12.7 Å². The van der Waals surface area contributed by atoms with Crippen molar-refractivity contribution in [2.24, 2.45) is 0 Å². The number of piperidine rings is 1. The van der Waals surface area contributed by atoms with Crippen LogP contribution >= 0.6 is 11.3 Å². The number of thiophene rings is 1. The largest absolute Gasteiger partial charge is 0.508 e. The van der Waals surface area contributed by atoms with Crippen molar-refractivity contribution in [3.63, 3.8) is 0 Å². The highest BCUT2D eigenvalue weighted by Gasteiger charge is 2.25. The average Bonchev–Trinajstić information content (AvgIpc) is 3.49. The maximum atomic E-state index is 11.6. The number of nitrogens with one attached hydrogen (secondary N) is 1. The van der Waals surface area contributed by atoms with Crippen molar-refractivity contribution in [3.8, 4) is 11.5 Å². The molecule has 1 fully saturated rings. The molecule has 0 radical (unpaired) electrons. The number of aryl methyl sites for hydroxylation is 1. The molecule has 0 unspecified atom stereocenters. The number of anilines is 2. The highest BCUT2D eigenvalue weighted by molar-refractivity contribution is 7.18. The van der Waals surface area contributed by atoms with Gasteiger partial charge in [-0.1, -0.05) is 13.0 Å². The second kappa shape index (κ2) is 9.92. The van der Waals surface area contributed by atoms with Gasteiger partial charge in [0.1, 0.15) is 16.8 Å². The predicted molar refractivity (Wildman–Crippen MR) is 130 cm³/mol. The van der Waals surface area contributed by atoms with Crippen molar-refractivity contribution in [1.29, 1.82) is 0 Å². The molecule has 0 atom stereocenters. The number of fused-ring (bicyclic) bond motifs is 2. The third-order valence-electron chi connectivity index (χ3n) is 5.93. The lowest BCUT2D eigenvalue weighted by molar-refractivity contribution is 0.0183. The molecular weight excluding hydrogens is 456 g/mol. The van der Waals surface area contributed by atoms with Crippen LogP contribution in [0.25, 0.3) is 10.2 Å². The minimum absolute atomic E-state index is 0.143. The van der Waals surface area contributed by atoms with Crippen LogP contribution in [0.5, 0.6) is 11.5 Å². The maximum Gasteiger partial charge on any atom is 0.508 e. The summed E-state index contributed by atoms with van der Waals surface area (Å²) in [5, 5.41) is 4.54. The Hall–Kier alpha value is -3.27. The van der Waals surface area contributed by atoms with Gasteiger partial charge in [-0.05, 0) is 37.1 Å². The number of ether oxygens (including phenoxy) is 4. The fourth-order valence-corrected chi connectivity index (χ4v) is 5.07. The molecule has 4 heterocycles. The van der Waals surface area contributed by atoms with Gasteiger partial charge in [0.25, 0.3) is 0 Å². The predicted octanol–water partition coefficient (Wildman–Crippen LogP) is 4.74. The Morgan fingerprint density at radius 1 is 1.18 bits per heavy atom. The number of rotatable bonds is 7.